The summed E-state index contributed by atoms with van der Waals surface area (Å²) in [4.78, 5) is 0. The van der Waals surface area contributed by atoms with Gasteiger partial charge in [0.05, 0.1) is 5.56 Å². The lowest BCUT2D eigenvalue weighted by atomic mass is 10.1. The number of aromatic hydroxyl groups is 1. The molecule has 1 nitrogen and oxygen atoms in total. The fourth-order valence-electron chi connectivity index (χ4n) is 0.915. The number of phenolic OH excluding ortho intramolecular Hbond substituents is 1. The molecule has 0 aliphatic rings. The van der Waals surface area contributed by atoms with Gasteiger partial charge in [-0.2, -0.15) is 13.2 Å². The first-order chi connectivity index (χ1) is 5.93. The van der Waals surface area contributed by atoms with E-state index in [0.717, 1.165) is 6.07 Å². The van der Waals surface area contributed by atoms with Crippen LogP contribution in [0.2, 0.25) is 0 Å². The molecule has 1 N–H and O–H groups in total. The molecule has 1 aromatic rings. The zero-order chi connectivity index (χ0) is 10.1. The number of hydrogen-bond donors (Lipinski definition) is 1. The van der Waals surface area contributed by atoms with Crippen molar-refractivity contribution in [1.29, 1.82) is 0 Å². The molecule has 72 valence electrons. The Morgan fingerprint density at radius 1 is 1.23 bits per heavy atom. The number of alkyl halides is 4. The third kappa shape index (κ3) is 2.52. The second kappa shape index (κ2) is 3.46. The summed E-state index contributed by atoms with van der Waals surface area (Å²) in [6.07, 6.45) is -4.44. The van der Waals surface area contributed by atoms with Crippen LogP contribution in [0, 0.1) is 0 Å². The number of rotatable bonds is 1. The van der Waals surface area contributed by atoms with Crippen LogP contribution in [0.15, 0.2) is 18.2 Å². The van der Waals surface area contributed by atoms with Crippen LogP contribution in [0.3, 0.4) is 0 Å². The standard InChI is InChI=1S/C8H6ClF3O/c9-4-5-1-6(8(10,11)12)3-7(13)2-5/h1-3,13H,4H2. The molecule has 0 unspecified atom stereocenters. The topological polar surface area (TPSA) is 20.2 Å². The lowest BCUT2D eigenvalue weighted by Gasteiger charge is -2.08. The zero-order valence-corrected chi connectivity index (χ0v) is 7.15. The van der Waals surface area contributed by atoms with Gasteiger partial charge in [-0.05, 0) is 23.8 Å². The first kappa shape index (κ1) is 10.2. The van der Waals surface area contributed by atoms with E-state index in [9.17, 15) is 13.2 Å². The van der Waals surface area contributed by atoms with Crippen LogP contribution in [0.1, 0.15) is 11.1 Å². The number of phenols is 1. The van der Waals surface area contributed by atoms with Crippen molar-refractivity contribution in [1.82, 2.24) is 0 Å². The van der Waals surface area contributed by atoms with Crippen molar-refractivity contribution in [3.8, 4) is 5.75 Å². The summed E-state index contributed by atoms with van der Waals surface area (Å²) in [7, 11) is 0. The highest BCUT2D eigenvalue weighted by atomic mass is 35.5. The lowest BCUT2D eigenvalue weighted by molar-refractivity contribution is -0.137. The quantitative estimate of drug-likeness (QED) is 0.706. The highest BCUT2D eigenvalue weighted by Gasteiger charge is 2.31. The fraction of sp³-hybridized carbons (Fsp3) is 0.250. The molecule has 0 amide bonds. The summed E-state index contributed by atoms with van der Waals surface area (Å²) in [6.45, 7) is 0. The predicted octanol–water partition coefficient (Wildman–Crippen LogP) is 3.15. The summed E-state index contributed by atoms with van der Waals surface area (Å²) in [5, 5.41) is 8.93. The fourth-order valence-corrected chi connectivity index (χ4v) is 1.07. The van der Waals surface area contributed by atoms with E-state index in [1.807, 2.05) is 0 Å². The van der Waals surface area contributed by atoms with Gasteiger partial charge < -0.3 is 5.11 Å². The Morgan fingerprint density at radius 3 is 2.31 bits per heavy atom. The van der Waals surface area contributed by atoms with Crippen molar-refractivity contribution in [2.24, 2.45) is 0 Å². The molecule has 1 aromatic carbocycles. The molecule has 0 aliphatic carbocycles. The van der Waals surface area contributed by atoms with E-state index in [2.05, 4.69) is 0 Å². The third-order valence-electron chi connectivity index (χ3n) is 1.46. The van der Waals surface area contributed by atoms with Crippen molar-refractivity contribution in [3.05, 3.63) is 29.3 Å². The van der Waals surface area contributed by atoms with Gasteiger partial charge in [0.15, 0.2) is 0 Å². The van der Waals surface area contributed by atoms with Crippen LogP contribution >= 0.6 is 11.6 Å². The zero-order valence-electron chi connectivity index (χ0n) is 6.40. The van der Waals surface area contributed by atoms with Crippen LogP contribution < -0.4 is 0 Å². The van der Waals surface area contributed by atoms with Gasteiger partial charge in [-0.25, -0.2) is 0 Å². The molecule has 5 heteroatoms. The monoisotopic (exact) mass is 210 g/mol. The summed E-state index contributed by atoms with van der Waals surface area (Å²) < 4.78 is 36.4. The number of halogens is 4. The van der Waals surface area contributed by atoms with E-state index >= 15 is 0 Å². The second-order valence-corrected chi connectivity index (χ2v) is 2.79. The minimum Gasteiger partial charge on any atom is -0.508 e. The van der Waals surface area contributed by atoms with Crippen LogP contribution in [-0.4, -0.2) is 5.11 Å². The Hall–Kier alpha value is -0.900. The molecule has 0 saturated heterocycles. The summed E-state index contributed by atoms with van der Waals surface area (Å²) in [6, 6.07) is 2.77. The minimum atomic E-state index is -4.44. The van der Waals surface area contributed by atoms with E-state index in [0.29, 0.717) is 6.07 Å². The van der Waals surface area contributed by atoms with Crippen LogP contribution in [0.4, 0.5) is 13.2 Å². The first-order valence-electron chi connectivity index (χ1n) is 3.39. The maximum Gasteiger partial charge on any atom is 0.416 e. The SMILES string of the molecule is Oc1cc(CCl)cc(C(F)(F)F)c1. The molecule has 0 spiro atoms. The average Bonchev–Trinajstić information content (AvgIpc) is 2.01. The largest absolute Gasteiger partial charge is 0.508 e. The molecule has 0 radical (unpaired) electrons. The Morgan fingerprint density at radius 2 is 1.85 bits per heavy atom. The molecule has 0 bridgehead atoms. The van der Waals surface area contributed by atoms with E-state index in [1.165, 1.54) is 6.07 Å². The molecule has 0 heterocycles. The molecule has 0 fully saturated rings. The first-order valence-corrected chi connectivity index (χ1v) is 3.93. The normalized spacial score (nSPS) is 11.7. The van der Waals surface area contributed by atoms with E-state index in [1.54, 1.807) is 0 Å². The van der Waals surface area contributed by atoms with Crippen molar-refractivity contribution < 1.29 is 18.3 Å². The number of benzene rings is 1. The summed E-state index contributed by atoms with van der Waals surface area (Å²) >= 11 is 5.34. The van der Waals surface area contributed by atoms with E-state index < -0.39 is 17.5 Å². The van der Waals surface area contributed by atoms with E-state index in [4.69, 9.17) is 16.7 Å². The van der Waals surface area contributed by atoms with Crippen molar-refractivity contribution >= 4 is 11.6 Å². The molecule has 0 saturated carbocycles. The Balaban J connectivity index is 3.16. The van der Waals surface area contributed by atoms with Gasteiger partial charge in [0.2, 0.25) is 0 Å². The Bertz CT molecular complexity index is 309. The number of hydrogen-bond acceptors (Lipinski definition) is 1. The third-order valence-corrected chi connectivity index (χ3v) is 1.77. The molecule has 0 aliphatic heterocycles. The predicted molar refractivity (Wildman–Crippen MR) is 42.7 cm³/mol. The Labute approximate surface area is 77.8 Å². The molecular formula is C8H6ClF3O. The van der Waals surface area contributed by atoms with Gasteiger partial charge in [0.1, 0.15) is 5.75 Å². The summed E-state index contributed by atoms with van der Waals surface area (Å²) in [5.74, 6) is -0.484. The molecular weight excluding hydrogens is 205 g/mol. The van der Waals surface area contributed by atoms with Gasteiger partial charge in [-0.1, -0.05) is 0 Å². The van der Waals surface area contributed by atoms with Crippen LogP contribution in [0.25, 0.3) is 0 Å². The van der Waals surface area contributed by atoms with Gasteiger partial charge in [-0.3, -0.25) is 0 Å². The minimum absolute atomic E-state index is 0.0581. The van der Waals surface area contributed by atoms with Crippen LogP contribution in [-0.2, 0) is 12.1 Å². The maximum absolute atomic E-state index is 12.1. The van der Waals surface area contributed by atoms with Gasteiger partial charge in [0.25, 0.3) is 0 Å². The van der Waals surface area contributed by atoms with Crippen molar-refractivity contribution in [2.75, 3.05) is 0 Å². The molecule has 1 rings (SSSR count). The van der Waals surface area contributed by atoms with Gasteiger partial charge in [-0.15, -0.1) is 11.6 Å². The lowest BCUT2D eigenvalue weighted by Crippen LogP contribution is -2.05. The second-order valence-electron chi connectivity index (χ2n) is 2.52. The molecule has 0 aromatic heterocycles. The van der Waals surface area contributed by atoms with Gasteiger partial charge >= 0.3 is 6.18 Å². The van der Waals surface area contributed by atoms with Crippen LogP contribution in [0.5, 0.6) is 5.75 Å². The highest BCUT2D eigenvalue weighted by molar-refractivity contribution is 6.17. The summed E-state index contributed by atoms with van der Waals surface area (Å²) in [5.41, 5.74) is -0.642. The van der Waals surface area contributed by atoms with E-state index in [-0.39, 0.29) is 11.4 Å². The molecule has 13 heavy (non-hydrogen) atoms. The van der Waals surface area contributed by atoms with Crippen molar-refractivity contribution in [2.45, 2.75) is 12.1 Å². The maximum atomic E-state index is 12.1. The van der Waals surface area contributed by atoms with Crippen molar-refractivity contribution in [3.63, 3.8) is 0 Å². The van der Waals surface area contributed by atoms with Gasteiger partial charge in [0, 0.05) is 5.88 Å². The average molecular weight is 211 g/mol. The highest BCUT2D eigenvalue weighted by Crippen LogP contribution is 2.32. The molecule has 0 atom stereocenters. The Kier molecular flexibility index (Phi) is 2.71. The smallest absolute Gasteiger partial charge is 0.416 e.